The van der Waals surface area contributed by atoms with E-state index in [1.807, 2.05) is 0 Å². The lowest BCUT2D eigenvalue weighted by molar-refractivity contribution is 0.104. The summed E-state index contributed by atoms with van der Waals surface area (Å²) in [5, 5.41) is 6.50. The van der Waals surface area contributed by atoms with Crippen LogP contribution in [0, 0.1) is 12.3 Å². The van der Waals surface area contributed by atoms with Crippen LogP contribution in [0.15, 0.2) is 4.99 Å². The van der Waals surface area contributed by atoms with E-state index in [0.717, 1.165) is 12.5 Å². The number of rotatable bonds is 4. The fourth-order valence-corrected chi connectivity index (χ4v) is 2.60. The molecule has 1 aliphatic carbocycles. The molecule has 0 aromatic carbocycles. The lowest BCUT2D eigenvalue weighted by Crippen LogP contribution is -2.55. The highest BCUT2D eigenvalue weighted by Crippen LogP contribution is 2.31. The maximum Gasteiger partial charge on any atom is 0.191 e. The Kier molecular flexibility index (Phi) is 6.00. The molecule has 1 rings (SSSR count). The molecule has 2 N–H and O–H groups in total. The van der Waals surface area contributed by atoms with Crippen molar-refractivity contribution in [3.05, 3.63) is 0 Å². The van der Waals surface area contributed by atoms with Gasteiger partial charge in [-0.25, -0.2) is 0 Å². The number of aliphatic imine (C=N–C) groups is 1. The van der Waals surface area contributed by atoms with E-state index in [4.69, 9.17) is 6.42 Å². The zero-order chi connectivity index (χ0) is 13.4. The van der Waals surface area contributed by atoms with Gasteiger partial charge in [-0.15, -0.1) is 6.42 Å². The average molecular weight is 250 g/mol. The largest absolute Gasteiger partial charge is 0.355 e. The Balaban J connectivity index is 2.54. The second-order valence-electron chi connectivity index (χ2n) is 5.16. The van der Waals surface area contributed by atoms with Crippen LogP contribution in [0.5, 0.6) is 0 Å². The summed E-state index contributed by atoms with van der Waals surface area (Å²) in [5.74, 6) is 3.35. The first-order valence-electron chi connectivity index (χ1n) is 6.70. The first kappa shape index (κ1) is 14.8. The molecule has 0 atom stereocenters. The number of terminal acetylenes is 1. The van der Waals surface area contributed by atoms with E-state index in [-0.39, 0.29) is 5.54 Å². The van der Waals surface area contributed by atoms with E-state index in [2.05, 4.69) is 40.5 Å². The van der Waals surface area contributed by atoms with Crippen molar-refractivity contribution in [3.8, 4) is 12.3 Å². The van der Waals surface area contributed by atoms with Gasteiger partial charge < -0.3 is 15.5 Å². The van der Waals surface area contributed by atoms with Gasteiger partial charge in [-0.2, -0.15) is 0 Å². The van der Waals surface area contributed by atoms with Gasteiger partial charge in [0.2, 0.25) is 0 Å². The minimum atomic E-state index is 0.256. The van der Waals surface area contributed by atoms with Crippen LogP contribution in [0.2, 0.25) is 0 Å². The Labute approximate surface area is 111 Å². The Morgan fingerprint density at radius 3 is 2.44 bits per heavy atom. The molecule has 1 aliphatic rings. The maximum absolute atomic E-state index is 5.24. The van der Waals surface area contributed by atoms with E-state index >= 15 is 0 Å². The summed E-state index contributed by atoms with van der Waals surface area (Å²) in [6.45, 7) is 1.43. The molecule has 0 unspecified atom stereocenters. The molecule has 0 heterocycles. The van der Waals surface area contributed by atoms with Crippen molar-refractivity contribution in [2.75, 3.05) is 34.2 Å². The number of nitrogens with one attached hydrogen (secondary N) is 2. The smallest absolute Gasteiger partial charge is 0.191 e. The molecule has 4 nitrogen and oxygen atoms in total. The van der Waals surface area contributed by atoms with E-state index < -0.39 is 0 Å². The molecule has 0 spiro atoms. The van der Waals surface area contributed by atoms with Gasteiger partial charge in [0.05, 0.1) is 6.54 Å². The minimum absolute atomic E-state index is 0.256. The van der Waals surface area contributed by atoms with Gasteiger partial charge in [-0.05, 0) is 26.9 Å². The predicted octanol–water partition coefficient (Wildman–Crippen LogP) is 1.05. The zero-order valence-electron chi connectivity index (χ0n) is 11.9. The Morgan fingerprint density at radius 1 is 1.28 bits per heavy atom. The highest BCUT2D eigenvalue weighted by atomic mass is 15.2. The number of likely N-dealkylation sites (N-methyl/N-ethyl adjacent to an activating group) is 1. The monoisotopic (exact) mass is 250 g/mol. The SMILES string of the molecule is C#CCNC(=NC)NCC1(N(C)C)CCCCC1. The predicted molar refractivity (Wildman–Crippen MR) is 77.7 cm³/mol. The van der Waals surface area contributed by atoms with Crippen molar-refractivity contribution in [1.82, 2.24) is 15.5 Å². The quantitative estimate of drug-likeness (QED) is 0.445. The maximum atomic E-state index is 5.24. The van der Waals surface area contributed by atoms with Crippen LogP contribution in [0.4, 0.5) is 0 Å². The van der Waals surface area contributed by atoms with E-state index in [1.54, 1.807) is 7.05 Å². The summed E-state index contributed by atoms with van der Waals surface area (Å²) in [5.41, 5.74) is 0.256. The van der Waals surface area contributed by atoms with Crippen LogP contribution in [-0.2, 0) is 0 Å². The highest BCUT2D eigenvalue weighted by molar-refractivity contribution is 5.79. The lowest BCUT2D eigenvalue weighted by atomic mass is 9.80. The van der Waals surface area contributed by atoms with Crippen molar-refractivity contribution in [2.45, 2.75) is 37.6 Å². The number of guanidine groups is 1. The third kappa shape index (κ3) is 3.92. The third-order valence-electron chi connectivity index (χ3n) is 3.90. The van der Waals surface area contributed by atoms with Crippen LogP contribution >= 0.6 is 0 Å². The molecule has 0 bridgehead atoms. The summed E-state index contributed by atoms with van der Waals surface area (Å²) in [6, 6.07) is 0. The zero-order valence-corrected chi connectivity index (χ0v) is 11.9. The van der Waals surface area contributed by atoms with Gasteiger partial charge in [0.1, 0.15) is 0 Å². The fraction of sp³-hybridized carbons (Fsp3) is 0.786. The second-order valence-corrected chi connectivity index (χ2v) is 5.16. The van der Waals surface area contributed by atoms with Crippen LogP contribution in [0.3, 0.4) is 0 Å². The summed E-state index contributed by atoms with van der Waals surface area (Å²) >= 11 is 0. The van der Waals surface area contributed by atoms with Gasteiger partial charge in [0.25, 0.3) is 0 Å². The summed E-state index contributed by atoms with van der Waals surface area (Å²) < 4.78 is 0. The van der Waals surface area contributed by atoms with E-state index in [1.165, 1.54) is 32.1 Å². The standard InChI is InChI=1S/C14H26N4/c1-5-11-16-13(15-2)17-12-14(18(3)4)9-7-6-8-10-14/h1H,6-12H2,2-4H3,(H2,15,16,17). The van der Waals surface area contributed by atoms with Gasteiger partial charge in [0, 0.05) is 19.1 Å². The summed E-state index contributed by atoms with van der Waals surface area (Å²) in [6.07, 6.45) is 11.7. The molecule has 1 fully saturated rings. The third-order valence-corrected chi connectivity index (χ3v) is 3.90. The average Bonchev–Trinajstić information content (AvgIpc) is 2.40. The van der Waals surface area contributed by atoms with Gasteiger partial charge in [-0.1, -0.05) is 25.2 Å². The van der Waals surface area contributed by atoms with Crippen molar-refractivity contribution < 1.29 is 0 Å². The van der Waals surface area contributed by atoms with Crippen LogP contribution < -0.4 is 10.6 Å². The molecule has 18 heavy (non-hydrogen) atoms. The van der Waals surface area contributed by atoms with Gasteiger partial charge in [-0.3, -0.25) is 4.99 Å². The highest BCUT2D eigenvalue weighted by Gasteiger charge is 2.34. The van der Waals surface area contributed by atoms with Crippen molar-refractivity contribution in [2.24, 2.45) is 4.99 Å². The number of nitrogens with zero attached hydrogens (tertiary/aromatic N) is 2. The molecular weight excluding hydrogens is 224 g/mol. The first-order chi connectivity index (χ1) is 8.64. The molecule has 102 valence electrons. The molecular formula is C14H26N4. The molecule has 0 aliphatic heterocycles. The Morgan fingerprint density at radius 2 is 1.94 bits per heavy atom. The molecule has 4 heteroatoms. The molecule has 0 radical (unpaired) electrons. The van der Waals surface area contributed by atoms with Crippen LogP contribution in [0.1, 0.15) is 32.1 Å². The minimum Gasteiger partial charge on any atom is -0.355 e. The summed E-state index contributed by atoms with van der Waals surface area (Å²) in [7, 11) is 6.12. The Hall–Kier alpha value is -1.21. The van der Waals surface area contributed by atoms with Crippen LogP contribution in [0.25, 0.3) is 0 Å². The van der Waals surface area contributed by atoms with E-state index in [9.17, 15) is 0 Å². The van der Waals surface area contributed by atoms with Crippen LogP contribution in [-0.4, -0.2) is 50.6 Å². The molecule has 0 aromatic rings. The van der Waals surface area contributed by atoms with Gasteiger partial charge in [0.15, 0.2) is 5.96 Å². The molecule has 0 saturated heterocycles. The van der Waals surface area contributed by atoms with Crippen molar-refractivity contribution in [3.63, 3.8) is 0 Å². The second kappa shape index (κ2) is 7.27. The molecule has 0 aromatic heterocycles. The number of hydrogen-bond donors (Lipinski definition) is 2. The first-order valence-corrected chi connectivity index (χ1v) is 6.70. The normalized spacial score (nSPS) is 19.4. The van der Waals surface area contributed by atoms with Crippen molar-refractivity contribution in [1.29, 1.82) is 0 Å². The number of hydrogen-bond acceptors (Lipinski definition) is 2. The lowest BCUT2D eigenvalue weighted by Gasteiger charge is -2.43. The molecule has 0 amide bonds. The van der Waals surface area contributed by atoms with E-state index in [0.29, 0.717) is 6.54 Å². The van der Waals surface area contributed by atoms with Gasteiger partial charge >= 0.3 is 0 Å². The summed E-state index contributed by atoms with van der Waals surface area (Å²) in [4.78, 5) is 6.54. The van der Waals surface area contributed by atoms with Crippen molar-refractivity contribution >= 4 is 5.96 Å². The topological polar surface area (TPSA) is 39.7 Å². The molecule has 1 saturated carbocycles. The Bertz CT molecular complexity index is 308. The fourth-order valence-electron chi connectivity index (χ4n) is 2.60.